The summed E-state index contributed by atoms with van der Waals surface area (Å²) in [7, 11) is 0. The first-order chi connectivity index (χ1) is 16.8. The number of nitrogens with zero attached hydrogens (tertiary/aromatic N) is 1. The van der Waals surface area contributed by atoms with Gasteiger partial charge >= 0.3 is 11.9 Å². The Bertz CT molecular complexity index is 1150. The van der Waals surface area contributed by atoms with Crippen molar-refractivity contribution in [3.05, 3.63) is 66.2 Å². The van der Waals surface area contributed by atoms with Crippen LogP contribution < -0.4 is 5.32 Å². The molecule has 0 spiro atoms. The summed E-state index contributed by atoms with van der Waals surface area (Å²) in [6.45, 7) is 6.47. The lowest BCUT2D eigenvalue weighted by atomic mass is 9.90. The average Bonchev–Trinajstić information content (AvgIpc) is 3.28. The molecule has 0 fully saturated rings. The minimum Gasteiger partial charge on any atom is -0.464 e. The molecule has 8 heteroatoms. The Morgan fingerprint density at radius 3 is 1.86 bits per heavy atom. The van der Waals surface area contributed by atoms with Crippen LogP contribution in [-0.2, 0) is 30.3 Å². The van der Waals surface area contributed by atoms with Crippen molar-refractivity contribution in [2.75, 3.05) is 13.2 Å². The minimum absolute atomic E-state index is 0.00933. The van der Waals surface area contributed by atoms with E-state index in [1.165, 1.54) is 6.92 Å². The van der Waals surface area contributed by atoms with E-state index in [1.54, 1.807) is 27.0 Å². The topological polar surface area (TPSA) is 108 Å². The maximum Gasteiger partial charge on any atom is 0.343 e. The number of benzene rings is 2. The summed E-state index contributed by atoms with van der Waals surface area (Å²) in [6.07, 6.45) is 1.99. The molecule has 0 unspecified atom stereocenters. The van der Waals surface area contributed by atoms with E-state index in [4.69, 9.17) is 13.9 Å². The molecular weight excluding hydrogens is 448 g/mol. The molecule has 0 aliphatic carbocycles. The molecule has 0 aliphatic heterocycles. The molecule has 1 aromatic heterocycles. The van der Waals surface area contributed by atoms with E-state index in [0.717, 1.165) is 27.9 Å². The minimum atomic E-state index is -1.90. The zero-order chi connectivity index (χ0) is 25.4. The SMILES string of the molecule is CCOC(=O)C(CCc1ccc(-c2ccc(-c3coc(C)n3)cc2)cc1)(NC(C)=O)C(=O)OCC. The molecule has 0 bridgehead atoms. The second kappa shape index (κ2) is 11.5. The van der Waals surface area contributed by atoms with Gasteiger partial charge in [-0.1, -0.05) is 48.5 Å². The van der Waals surface area contributed by atoms with Gasteiger partial charge in [-0.2, -0.15) is 0 Å². The van der Waals surface area contributed by atoms with Crippen molar-refractivity contribution in [3.8, 4) is 22.4 Å². The monoisotopic (exact) mass is 478 g/mol. The van der Waals surface area contributed by atoms with Crippen LogP contribution in [0.1, 0.15) is 38.6 Å². The first-order valence-corrected chi connectivity index (χ1v) is 11.5. The first kappa shape index (κ1) is 25.7. The molecule has 8 nitrogen and oxygen atoms in total. The summed E-state index contributed by atoms with van der Waals surface area (Å²) < 4.78 is 15.5. The van der Waals surface area contributed by atoms with E-state index in [-0.39, 0.29) is 19.6 Å². The number of amides is 1. The summed E-state index contributed by atoms with van der Waals surface area (Å²) in [5, 5.41) is 2.49. The molecule has 0 aliphatic rings. The molecule has 1 amide bonds. The number of nitrogens with one attached hydrogen (secondary N) is 1. The van der Waals surface area contributed by atoms with Gasteiger partial charge in [0, 0.05) is 19.4 Å². The Morgan fingerprint density at radius 1 is 0.886 bits per heavy atom. The summed E-state index contributed by atoms with van der Waals surface area (Å²) in [6, 6.07) is 15.8. The lowest BCUT2D eigenvalue weighted by molar-refractivity contribution is -0.168. The molecule has 3 rings (SSSR count). The van der Waals surface area contributed by atoms with Crippen molar-refractivity contribution in [1.82, 2.24) is 10.3 Å². The molecule has 2 aromatic carbocycles. The average molecular weight is 479 g/mol. The van der Waals surface area contributed by atoms with Gasteiger partial charge in [0.1, 0.15) is 12.0 Å². The molecule has 0 atom stereocenters. The van der Waals surface area contributed by atoms with Crippen LogP contribution in [-0.4, -0.2) is 41.6 Å². The molecule has 3 aromatic rings. The highest BCUT2D eigenvalue weighted by Gasteiger charge is 2.49. The molecule has 0 saturated carbocycles. The number of aryl methyl sites for hydroxylation is 2. The van der Waals surface area contributed by atoms with Crippen molar-refractivity contribution in [2.45, 2.75) is 46.1 Å². The van der Waals surface area contributed by atoms with Gasteiger partial charge in [0.2, 0.25) is 11.4 Å². The van der Waals surface area contributed by atoms with E-state index < -0.39 is 23.4 Å². The Kier molecular flexibility index (Phi) is 8.41. The van der Waals surface area contributed by atoms with Gasteiger partial charge in [-0.3, -0.25) is 4.79 Å². The fourth-order valence-corrected chi connectivity index (χ4v) is 3.79. The number of aromatic nitrogens is 1. The van der Waals surface area contributed by atoms with Crippen molar-refractivity contribution in [1.29, 1.82) is 0 Å². The summed E-state index contributed by atoms with van der Waals surface area (Å²) in [5.41, 5.74) is 2.80. The molecule has 1 N–H and O–H groups in total. The van der Waals surface area contributed by atoms with Crippen LogP contribution in [0.2, 0.25) is 0 Å². The highest BCUT2D eigenvalue weighted by Crippen LogP contribution is 2.26. The Balaban J connectivity index is 1.77. The Hall–Kier alpha value is -3.94. The third kappa shape index (κ3) is 6.15. The van der Waals surface area contributed by atoms with E-state index >= 15 is 0 Å². The first-order valence-electron chi connectivity index (χ1n) is 11.5. The highest BCUT2D eigenvalue weighted by molar-refractivity contribution is 6.07. The lowest BCUT2D eigenvalue weighted by Crippen LogP contribution is -2.61. The number of ether oxygens (including phenoxy) is 2. The Morgan fingerprint density at radius 2 is 1.40 bits per heavy atom. The Labute approximate surface area is 204 Å². The normalized spacial score (nSPS) is 11.1. The number of rotatable bonds is 10. The van der Waals surface area contributed by atoms with Crippen LogP contribution in [0.4, 0.5) is 0 Å². The molecule has 184 valence electrons. The summed E-state index contributed by atoms with van der Waals surface area (Å²) >= 11 is 0. The van der Waals surface area contributed by atoms with Gasteiger partial charge in [0.15, 0.2) is 5.89 Å². The number of carbonyl (C=O) groups is 3. The van der Waals surface area contributed by atoms with E-state index in [1.807, 2.05) is 48.5 Å². The number of hydrogen-bond donors (Lipinski definition) is 1. The van der Waals surface area contributed by atoms with Crippen LogP contribution in [0.5, 0.6) is 0 Å². The lowest BCUT2D eigenvalue weighted by Gasteiger charge is -2.29. The van der Waals surface area contributed by atoms with Crippen LogP contribution in [0.3, 0.4) is 0 Å². The quantitative estimate of drug-likeness (QED) is 0.343. The fraction of sp³-hybridized carbons (Fsp3) is 0.333. The second-order valence-corrected chi connectivity index (χ2v) is 8.05. The van der Waals surface area contributed by atoms with E-state index in [0.29, 0.717) is 12.3 Å². The number of oxazole rings is 1. The molecule has 0 radical (unpaired) electrons. The van der Waals surface area contributed by atoms with Crippen molar-refractivity contribution >= 4 is 17.8 Å². The largest absolute Gasteiger partial charge is 0.464 e. The number of hydrogen-bond acceptors (Lipinski definition) is 7. The van der Waals surface area contributed by atoms with Crippen molar-refractivity contribution in [3.63, 3.8) is 0 Å². The summed E-state index contributed by atoms with van der Waals surface area (Å²) in [4.78, 5) is 41.7. The van der Waals surface area contributed by atoms with Gasteiger partial charge in [-0.15, -0.1) is 0 Å². The maximum atomic E-state index is 12.8. The van der Waals surface area contributed by atoms with Crippen LogP contribution >= 0.6 is 0 Å². The standard InChI is InChI=1S/C27H30N2O6/c1-5-33-25(31)27(29-18(3)30,26(32)34-6-2)16-15-20-7-9-21(10-8-20)22-11-13-23(14-12-22)24-17-35-19(4)28-24/h7-14,17H,5-6,15-16H2,1-4H3,(H,29,30). The van der Waals surface area contributed by atoms with E-state index in [2.05, 4.69) is 10.3 Å². The molecular formula is C27H30N2O6. The van der Waals surface area contributed by atoms with Crippen LogP contribution in [0.15, 0.2) is 59.2 Å². The second-order valence-electron chi connectivity index (χ2n) is 8.05. The molecule has 1 heterocycles. The number of esters is 2. The van der Waals surface area contributed by atoms with Gasteiger partial charge in [0.25, 0.3) is 0 Å². The third-order valence-electron chi connectivity index (χ3n) is 5.51. The predicted molar refractivity (Wildman–Crippen MR) is 130 cm³/mol. The highest BCUT2D eigenvalue weighted by atomic mass is 16.6. The summed E-state index contributed by atoms with van der Waals surface area (Å²) in [5.74, 6) is -1.56. The van der Waals surface area contributed by atoms with Gasteiger partial charge in [0.05, 0.1) is 13.2 Å². The van der Waals surface area contributed by atoms with Crippen LogP contribution in [0.25, 0.3) is 22.4 Å². The van der Waals surface area contributed by atoms with Crippen molar-refractivity contribution < 1.29 is 28.3 Å². The zero-order valence-corrected chi connectivity index (χ0v) is 20.4. The van der Waals surface area contributed by atoms with E-state index in [9.17, 15) is 14.4 Å². The molecule has 0 saturated heterocycles. The molecule has 35 heavy (non-hydrogen) atoms. The maximum absolute atomic E-state index is 12.8. The van der Waals surface area contributed by atoms with Gasteiger partial charge in [-0.05, 0) is 43.4 Å². The number of carbonyl (C=O) groups excluding carboxylic acids is 3. The zero-order valence-electron chi connectivity index (χ0n) is 20.4. The van der Waals surface area contributed by atoms with Gasteiger partial charge in [-0.25, -0.2) is 14.6 Å². The third-order valence-corrected chi connectivity index (χ3v) is 5.51. The van der Waals surface area contributed by atoms with Gasteiger partial charge < -0.3 is 19.2 Å². The van der Waals surface area contributed by atoms with Crippen LogP contribution in [0, 0.1) is 6.92 Å². The smallest absolute Gasteiger partial charge is 0.343 e. The fourth-order valence-electron chi connectivity index (χ4n) is 3.79. The van der Waals surface area contributed by atoms with Crippen molar-refractivity contribution in [2.24, 2.45) is 0 Å². The predicted octanol–water partition coefficient (Wildman–Crippen LogP) is 4.25.